The highest BCUT2D eigenvalue weighted by molar-refractivity contribution is 7.80. The van der Waals surface area contributed by atoms with Gasteiger partial charge >= 0.3 is 0 Å². The van der Waals surface area contributed by atoms with Crippen LogP contribution in [0.25, 0.3) is 0 Å². The fraction of sp³-hybridized carbons (Fsp3) is 0.417. The van der Waals surface area contributed by atoms with Gasteiger partial charge in [0.15, 0.2) is 0 Å². The van der Waals surface area contributed by atoms with E-state index in [0.29, 0.717) is 16.4 Å². The number of nitrogens with one attached hydrogen (secondary N) is 1. The predicted octanol–water partition coefficient (Wildman–Crippen LogP) is 2.53. The molecule has 2 rings (SSSR count). The summed E-state index contributed by atoms with van der Waals surface area (Å²) in [6.45, 7) is 4.52. The Kier molecular flexibility index (Phi) is 2.43. The van der Waals surface area contributed by atoms with Crippen LogP contribution >= 0.6 is 12.2 Å². The van der Waals surface area contributed by atoms with Crippen molar-refractivity contribution in [3.05, 3.63) is 29.8 Å². The molecule has 1 aliphatic rings. The molecule has 15 heavy (non-hydrogen) atoms. The first kappa shape index (κ1) is 10.4. The molecule has 0 aliphatic heterocycles. The predicted molar refractivity (Wildman–Crippen MR) is 68.1 cm³/mol. The van der Waals surface area contributed by atoms with Crippen LogP contribution in [0, 0.1) is 5.41 Å². The van der Waals surface area contributed by atoms with Gasteiger partial charge in [0.2, 0.25) is 0 Å². The van der Waals surface area contributed by atoms with Gasteiger partial charge in [-0.1, -0.05) is 38.2 Å². The fourth-order valence-corrected chi connectivity index (χ4v) is 1.90. The van der Waals surface area contributed by atoms with Gasteiger partial charge in [0, 0.05) is 17.3 Å². The summed E-state index contributed by atoms with van der Waals surface area (Å²) in [6.07, 6.45) is 1.21. The maximum Gasteiger partial charge on any atom is 0.106 e. The molecule has 3 heteroatoms. The molecule has 0 amide bonds. The lowest BCUT2D eigenvalue weighted by Crippen LogP contribution is -2.15. The third kappa shape index (κ3) is 2.12. The zero-order valence-corrected chi connectivity index (χ0v) is 9.90. The summed E-state index contributed by atoms with van der Waals surface area (Å²) in [5.41, 5.74) is 8.07. The highest BCUT2D eigenvalue weighted by atomic mass is 32.1. The van der Waals surface area contributed by atoms with E-state index < -0.39 is 0 Å². The van der Waals surface area contributed by atoms with Crippen LogP contribution in [-0.2, 0) is 0 Å². The minimum absolute atomic E-state index is 0.406. The SMILES string of the molecule is CC1(C)CC1Nc1ccccc1C(N)=S. The molecule has 80 valence electrons. The van der Waals surface area contributed by atoms with Crippen molar-refractivity contribution in [2.24, 2.45) is 11.1 Å². The van der Waals surface area contributed by atoms with Crippen LogP contribution in [0.3, 0.4) is 0 Å². The van der Waals surface area contributed by atoms with Crippen molar-refractivity contribution < 1.29 is 0 Å². The molecule has 1 fully saturated rings. The average Bonchev–Trinajstić information content (AvgIpc) is 2.74. The number of benzene rings is 1. The van der Waals surface area contributed by atoms with Gasteiger partial charge in [-0.05, 0) is 24.0 Å². The van der Waals surface area contributed by atoms with Crippen LogP contribution in [0.1, 0.15) is 25.8 Å². The first-order chi connectivity index (χ1) is 7.00. The summed E-state index contributed by atoms with van der Waals surface area (Å²) in [7, 11) is 0. The summed E-state index contributed by atoms with van der Waals surface area (Å²) in [5, 5.41) is 3.49. The molecule has 1 atom stereocenters. The minimum atomic E-state index is 0.406. The zero-order chi connectivity index (χ0) is 11.1. The van der Waals surface area contributed by atoms with E-state index in [2.05, 4.69) is 19.2 Å². The van der Waals surface area contributed by atoms with Gasteiger partial charge in [-0.3, -0.25) is 0 Å². The number of hydrogen-bond donors (Lipinski definition) is 2. The topological polar surface area (TPSA) is 38.0 Å². The zero-order valence-electron chi connectivity index (χ0n) is 9.08. The third-order valence-corrected chi connectivity index (χ3v) is 3.26. The van der Waals surface area contributed by atoms with Gasteiger partial charge in [0.1, 0.15) is 4.99 Å². The standard InChI is InChI=1S/C12H16N2S/c1-12(2)7-10(12)14-9-6-4-3-5-8(9)11(13)15/h3-6,10,14H,7H2,1-2H3,(H2,13,15). The lowest BCUT2D eigenvalue weighted by molar-refractivity contribution is 0.630. The number of hydrogen-bond acceptors (Lipinski definition) is 2. The Balaban J connectivity index is 2.18. The summed E-state index contributed by atoms with van der Waals surface area (Å²) in [6, 6.07) is 8.49. The summed E-state index contributed by atoms with van der Waals surface area (Å²) < 4.78 is 0. The minimum Gasteiger partial charge on any atom is -0.389 e. The van der Waals surface area contributed by atoms with E-state index >= 15 is 0 Å². The number of anilines is 1. The molecule has 0 aromatic heterocycles. The maximum absolute atomic E-state index is 5.67. The van der Waals surface area contributed by atoms with E-state index in [1.807, 2.05) is 24.3 Å². The molecule has 0 bridgehead atoms. The average molecular weight is 220 g/mol. The van der Waals surface area contributed by atoms with Crippen molar-refractivity contribution in [3.63, 3.8) is 0 Å². The van der Waals surface area contributed by atoms with Gasteiger partial charge in [-0.2, -0.15) is 0 Å². The van der Waals surface area contributed by atoms with E-state index in [1.165, 1.54) is 6.42 Å². The van der Waals surface area contributed by atoms with Crippen LogP contribution in [0.4, 0.5) is 5.69 Å². The number of nitrogens with two attached hydrogens (primary N) is 1. The Bertz CT molecular complexity index is 398. The summed E-state index contributed by atoms with van der Waals surface area (Å²) >= 11 is 5.02. The van der Waals surface area contributed by atoms with E-state index in [4.69, 9.17) is 18.0 Å². The van der Waals surface area contributed by atoms with Crippen LogP contribution in [0.15, 0.2) is 24.3 Å². The molecule has 0 radical (unpaired) electrons. The Morgan fingerprint density at radius 2 is 2.07 bits per heavy atom. The van der Waals surface area contributed by atoms with Crippen molar-refractivity contribution >= 4 is 22.9 Å². The van der Waals surface area contributed by atoms with Crippen molar-refractivity contribution in [1.82, 2.24) is 0 Å². The van der Waals surface area contributed by atoms with Crippen LogP contribution in [-0.4, -0.2) is 11.0 Å². The van der Waals surface area contributed by atoms with Gasteiger partial charge in [-0.15, -0.1) is 0 Å². The molecule has 1 saturated carbocycles. The molecule has 1 aromatic carbocycles. The lowest BCUT2D eigenvalue weighted by atomic mass is 10.1. The molecule has 1 unspecified atom stereocenters. The molecular weight excluding hydrogens is 204 g/mol. The van der Waals surface area contributed by atoms with E-state index in [0.717, 1.165) is 11.3 Å². The highest BCUT2D eigenvalue weighted by Crippen LogP contribution is 2.46. The lowest BCUT2D eigenvalue weighted by Gasteiger charge is -2.12. The number of thiocarbonyl (C=S) groups is 1. The molecule has 2 nitrogen and oxygen atoms in total. The molecule has 0 spiro atoms. The largest absolute Gasteiger partial charge is 0.389 e. The summed E-state index contributed by atoms with van der Waals surface area (Å²) in [5.74, 6) is 0. The Hall–Kier alpha value is -1.09. The molecule has 3 N–H and O–H groups in total. The highest BCUT2D eigenvalue weighted by Gasteiger charge is 2.45. The van der Waals surface area contributed by atoms with Gasteiger partial charge in [0.05, 0.1) is 0 Å². The second kappa shape index (κ2) is 3.49. The normalized spacial score (nSPS) is 22.1. The number of para-hydroxylation sites is 1. The second-order valence-corrected chi connectivity index (χ2v) is 5.24. The Labute approximate surface area is 95.9 Å². The van der Waals surface area contributed by atoms with Crippen LogP contribution < -0.4 is 11.1 Å². The van der Waals surface area contributed by atoms with Crippen molar-refractivity contribution in [2.45, 2.75) is 26.3 Å². The van der Waals surface area contributed by atoms with Gasteiger partial charge in [0.25, 0.3) is 0 Å². The summed E-state index contributed by atoms with van der Waals surface area (Å²) in [4.78, 5) is 0.455. The van der Waals surface area contributed by atoms with Crippen LogP contribution in [0.2, 0.25) is 0 Å². The van der Waals surface area contributed by atoms with Gasteiger partial charge in [-0.25, -0.2) is 0 Å². The molecule has 0 saturated heterocycles. The first-order valence-electron chi connectivity index (χ1n) is 5.16. The molecule has 1 aliphatic carbocycles. The van der Waals surface area contributed by atoms with Crippen molar-refractivity contribution in [1.29, 1.82) is 0 Å². The first-order valence-corrected chi connectivity index (χ1v) is 5.57. The Morgan fingerprint density at radius 3 is 2.60 bits per heavy atom. The van der Waals surface area contributed by atoms with E-state index in [1.54, 1.807) is 0 Å². The van der Waals surface area contributed by atoms with Gasteiger partial charge < -0.3 is 11.1 Å². The quantitative estimate of drug-likeness (QED) is 0.769. The van der Waals surface area contributed by atoms with Crippen LogP contribution in [0.5, 0.6) is 0 Å². The molecule has 1 aromatic rings. The van der Waals surface area contributed by atoms with E-state index in [-0.39, 0.29) is 0 Å². The van der Waals surface area contributed by atoms with Crippen molar-refractivity contribution in [3.8, 4) is 0 Å². The maximum atomic E-state index is 5.67. The van der Waals surface area contributed by atoms with Crippen molar-refractivity contribution in [2.75, 3.05) is 5.32 Å². The third-order valence-electron chi connectivity index (χ3n) is 3.04. The Morgan fingerprint density at radius 1 is 1.47 bits per heavy atom. The smallest absolute Gasteiger partial charge is 0.106 e. The monoisotopic (exact) mass is 220 g/mol. The second-order valence-electron chi connectivity index (χ2n) is 4.80. The van der Waals surface area contributed by atoms with E-state index in [9.17, 15) is 0 Å². The number of rotatable bonds is 3. The molecular formula is C12H16N2S. The molecule has 0 heterocycles. The fourth-order valence-electron chi connectivity index (χ4n) is 1.73.